The summed E-state index contributed by atoms with van der Waals surface area (Å²) in [4.78, 5) is 15.7. The Morgan fingerprint density at radius 2 is 2.36 bits per heavy atom. The molecule has 0 unspecified atom stereocenters. The molecule has 0 rings (SSSR count). The van der Waals surface area contributed by atoms with Gasteiger partial charge in [-0.3, -0.25) is 9.63 Å². The molecule has 0 N–H and O–H groups in total. The molecule has 0 saturated heterocycles. The molecule has 0 bridgehead atoms. The van der Waals surface area contributed by atoms with Gasteiger partial charge in [-0.1, -0.05) is 18.7 Å². The minimum absolute atomic E-state index is 0.241. The Kier molecular flexibility index (Phi) is 5.11. The standard InChI is InChI=1S/C8H13NO2/c1-4-6-7-11-9(3)8(10)5-2/h4-6H,2,7H2,1,3H3/b6-4-. The zero-order chi connectivity index (χ0) is 8.69. The number of amides is 1. The normalized spacial score (nSPS) is 10.0. The number of hydroxylamine groups is 2. The van der Waals surface area contributed by atoms with Crippen LogP contribution in [0.4, 0.5) is 0 Å². The monoisotopic (exact) mass is 155 g/mol. The van der Waals surface area contributed by atoms with Crippen LogP contribution >= 0.6 is 0 Å². The Morgan fingerprint density at radius 1 is 1.73 bits per heavy atom. The number of rotatable bonds is 4. The smallest absolute Gasteiger partial charge is 0.267 e. The van der Waals surface area contributed by atoms with Gasteiger partial charge >= 0.3 is 0 Å². The summed E-state index contributed by atoms with van der Waals surface area (Å²) in [5.41, 5.74) is 0. The van der Waals surface area contributed by atoms with E-state index in [9.17, 15) is 4.79 Å². The van der Waals surface area contributed by atoms with Crippen molar-refractivity contribution < 1.29 is 9.63 Å². The first-order valence-corrected chi connectivity index (χ1v) is 3.36. The highest BCUT2D eigenvalue weighted by atomic mass is 16.7. The summed E-state index contributed by atoms with van der Waals surface area (Å²) in [6.45, 7) is 5.62. The van der Waals surface area contributed by atoms with Gasteiger partial charge in [0.15, 0.2) is 0 Å². The Morgan fingerprint density at radius 3 is 2.82 bits per heavy atom. The van der Waals surface area contributed by atoms with Crippen molar-refractivity contribution in [2.45, 2.75) is 6.92 Å². The van der Waals surface area contributed by atoms with Gasteiger partial charge in [0, 0.05) is 7.05 Å². The molecule has 0 aromatic carbocycles. The summed E-state index contributed by atoms with van der Waals surface area (Å²) in [5, 5.41) is 1.15. The fourth-order valence-electron chi connectivity index (χ4n) is 0.443. The first-order chi connectivity index (χ1) is 5.22. The van der Waals surface area contributed by atoms with Gasteiger partial charge in [0.25, 0.3) is 5.91 Å². The number of carbonyl (C=O) groups is 1. The molecule has 62 valence electrons. The Balaban J connectivity index is 3.59. The molecule has 0 spiro atoms. The second kappa shape index (κ2) is 5.68. The first kappa shape index (κ1) is 9.91. The van der Waals surface area contributed by atoms with Gasteiger partial charge in [0.2, 0.25) is 0 Å². The maximum Gasteiger partial charge on any atom is 0.269 e. The van der Waals surface area contributed by atoms with Crippen molar-refractivity contribution in [2.24, 2.45) is 0 Å². The van der Waals surface area contributed by atoms with Crippen LogP contribution in [0.1, 0.15) is 6.92 Å². The molecular formula is C8H13NO2. The molecular weight excluding hydrogens is 142 g/mol. The third-order valence-electron chi connectivity index (χ3n) is 1.09. The number of hydrogen-bond acceptors (Lipinski definition) is 2. The maximum atomic E-state index is 10.8. The van der Waals surface area contributed by atoms with Gasteiger partial charge in [0.1, 0.15) is 0 Å². The lowest BCUT2D eigenvalue weighted by atomic mass is 10.5. The first-order valence-electron chi connectivity index (χ1n) is 3.36. The number of allylic oxidation sites excluding steroid dienone is 1. The topological polar surface area (TPSA) is 29.5 Å². The summed E-state index contributed by atoms with van der Waals surface area (Å²) in [6.07, 6.45) is 4.87. The quantitative estimate of drug-likeness (QED) is 0.346. The van der Waals surface area contributed by atoms with Crippen LogP contribution < -0.4 is 0 Å². The average molecular weight is 155 g/mol. The van der Waals surface area contributed by atoms with Gasteiger partial charge in [-0.05, 0) is 13.0 Å². The lowest BCUT2D eigenvalue weighted by molar-refractivity contribution is -0.168. The van der Waals surface area contributed by atoms with Crippen LogP contribution in [0.5, 0.6) is 0 Å². The molecule has 0 aromatic heterocycles. The highest BCUT2D eigenvalue weighted by molar-refractivity contribution is 5.85. The Bertz CT molecular complexity index is 163. The zero-order valence-corrected chi connectivity index (χ0v) is 6.91. The summed E-state index contributed by atoms with van der Waals surface area (Å²) in [7, 11) is 1.55. The van der Waals surface area contributed by atoms with E-state index < -0.39 is 0 Å². The fourth-order valence-corrected chi connectivity index (χ4v) is 0.443. The summed E-state index contributed by atoms with van der Waals surface area (Å²) >= 11 is 0. The van der Waals surface area contributed by atoms with E-state index >= 15 is 0 Å². The molecule has 3 nitrogen and oxygen atoms in total. The highest BCUT2D eigenvalue weighted by Crippen LogP contribution is 1.87. The van der Waals surface area contributed by atoms with Gasteiger partial charge in [-0.15, -0.1) is 0 Å². The number of carbonyl (C=O) groups excluding carboxylic acids is 1. The van der Waals surface area contributed by atoms with Crippen molar-refractivity contribution in [3.63, 3.8) is 0 Å². The third-order valence-corrected chi connectivity index (χ3v) is 1.09. The molecule has 0 aromatic rings. The van der Waals surface area contributed by atoms with Crippen LogP contribution in [-0.2, 0) is 9.63 Å². The van der Waals surface area contributed by atoms with Crippen LogP contribution in [0.3, 0.4) is 0 Å². The minimum atomic E-state index is -0.241. The molecule has 0 aliphatic carbocycles. The SMILES string of the molecule is C=CC(=O)N(C)OC/C=C\C. The predicted octanol–water partition coefficient (Wildman–Crippen LogP) is 1.14. The summed E-state index contributed by atoms with van der Waals surface area (Å²) < 4.78 is 0. The predicted molar refractivity (Wildman–Crippen MR) is 43.7 cm³/mol. The van der Waals surface area contributed by atoms with Crippen molar-refractivity contribution in [1.29, 1.82) is 0 Å². The largest absolute Gasteiger partial charge is 0.269 e. The second-order valence-corrected chi connectivity index (χ2v) is 1.90. The number of likely N-dealkylation sites (N-methyl/N-ethyl adjacent to an activating group) is 1. The lowest BCUT2D eigenvalue weighted by Crippen LogP contribution is -2.24. The molecule has 0 aliphatic rings. The van der Waals surface area contributed by atoms with E-state index in [0.717, 1.165) is 5.06 Å². The molecule has 11 heavy (non-hydrogen) atoms. The Labute approximate surface area is 66.9 Å². The number of hydrogen-bond donors (Lipinski definition) is 0. The van der Waals surface area contributed by atoms with Crippen LogP contribution in [0.2, 0.25) is 0 Å². The van der Waals surface area contributed by atoms with Crippen molar-refractivity contribution in [3.8, 4) is 0 Å². The van der Waals surface area contributed by atoms with Gasteiger partial charge < -0.3 is 0 Å². The van der Waals surface area contributed by atoms with E-state index in [1.165, 1.54) is 6.08 Å². The molecule has 0 aliphatic heterocycles. The van der Waals surface area contributed by atoms with E-state index in [1.807, 2.05) is 19.1 Å². The average Bonchev–Trinajstić information content (AvgIpc) is 2.03. The van der Waals surface area contributed by atoms with Crippen LogP contribution in [0.25, 0.3) is 0 Å². The van der Waals surface area contributed by atoms with Gasteiger partial charge in [0.05, 0.1) is 6.61 Å². The molecule has 0 saturated carbocycles. The molecule has 0 fully saturated rings. The van der Waals surface area contributed by atoms with E-state index in [2.05, 4.69) is 6.58 Å². The molecule has 0 atom stereocenters. The summed E-state index contributed by atoms with van der Waals surface area (Å²) in [6, 6.07) is 0. The van der Waals surface area contributed by atoms with Crippen LogP contribution in [-0.4, -0.2) is 24.6 Å². The third kappa shape index (κ3) is 4.33. The number of nitrogens with zero attached hydrogens (tertiary/aromatic N) is 1. The van der Waals surface area contributed by atoms with E-state index in [0.29, 0.717) is 6.61 Å². The fraction of sp³-hybridized carbons (Fsp3) is 0.375. The molecule has 0 heterocycles. The molecule has 0 radical (unpaired) electrons. The van der Waals surface area contributed by atoms with Crippen LogP contribution in [0, 0.1) is 0 Å². The van der Waals surface area contributed by atoms with Crippen molar-refractivity contribution in [3.05, 3.63) is 24.8 Å². The van der Waals surface area contributed by atoms with Gasteiger partial charge in [-0.25, -0.2) is 5.06 Å². The van der Waals surface area contributed by atoms with Crippen molar-refractivity contribution in [1.82, 2.24) is 5.06 Å². The zero-order valence-electron chi connectivity index (χ0n) is 6.91. The minimum Gasteiger partial charge on any atom is -0.267 e. The van der Waals surface area contributed by atoms with Crippen molar-refractivity contribution >= 4 is 5.91 Å². The molecule has 3 heteroatoms. The van der Waals surface area contributed by atoms with E-state index in [4.69, 9.17) is 4.84 Å². The maximum absolute atomic E-state index is 10.8. The second-order valence-electron chi connectivity index (χ2n) is 1.90. The summed E-state index contributed by atoms with van der Waals surface area (Å²) in [5.74, 6) is -0.241. The molecule has 1 amide bonds. The van der Waals surface area contributed by atoms with Crippen molar-refractivity contribution in [2.75, 3.05) is 13.7 Å². The van der Waals surface area contributed by atoms with E-state index in [-0.39, 0.29) is 5.91 Å². The van der Waals surface area contributed by atoms with E-state index in [1.54, 1.807) is 7.05 Å². The van der Waals surface area contributed by atoms with Crippen LogP contribution in [0.15, 0.2) is 24.8 Å². The lowest BCUT2D eigenvalue weighted by Gasteiger charge is -2.12. The highest BCUT2D eigenvalue weighted by Gasteiger charge is 2.01. The Hall–Kier alpha value is -1.09. The van der Waals surface area contributed by atoms with Gasteiger partial charge in [-0.2, -0.15) is 0 Å².